The number of hydrogen-bond donors (Lipinski definition) is 4. The van der Waals surface area contributed by atoms with Crippen molar-refractivity contribution < 1.29 is 55.4 Å². The van der Waals surface area contributed by atoms with E-state index in [0.29, 0.717) is 24.1 Å². The largest absolute Gasteiger partial charge is 1.00 e. The summed E-state index contributed by atoms with van der Waals surface area (Å²) in [4.78, 5) is 50.3. The summed E-state index contributed by atoms with van der Waals surface area (Å²) in [6, 6.07) is 7.07. The Morgan fingerprint density at radius 3 is 2.56 bits per heavy atom. The van der Waals surface area contributed by atoms with Crippen molar-refractivity contribution >= 4 is 29.3 Å². The van der Waals surface area contributed by atoms with Gasteiger partial charge in [-0.3, -0.25) is 24.5 Å². The Labute approximate surface area is 220 Å². The van der Waals surface area contributed by atoms with Crippen LogP contribution in [0.25, 0.3) is 0 Å². The molecule has 12 heteroatoms. The molecule has 178 valence electrons. The van der Waals surface area contributed by atoms with Gasteiger partial charge in [-0.15, -0.1) is 0 Å². The maximum atomic E-state index is 12.3. The summed E-state index contributed by atoms with van der Waals surface area (Å²) in [7, 11) is 0. The number of nitrogens with zero attached hydrogens (tertiary/aromatic N) is 2. The zero-order valence-corrected chi connectivity index (χ0v) is 21.5. The summed E-state index contributed by atoms with van der Waals surface area (Å²) in [5.74, 6) is -1.39. The van der Waals surface area contributed by atoms with E-state index in [-0.39, 0.29) is 55.5 Å². The molecule has 1 aromatic carbocycles. The van der Waals surface area contributed by atoms with Gasteiger partial charge in [0.15, 0.2) is 0 Å². The zero-order valence-electron chi connectivity index (χ0n) is 20.5. The minimum absolute atomic E-state index is 0. The summed E-state index contributed by atoms with van der Waals surface area (Å²) in [6.07, 6.45) is 1.94. The summed E-state index contributed by atoms with van der Waals surface area (Å²) in [5.41, 5.74) is 1.62. The van der Waals surface area contributed by atoms with Crippen LogP contribution in [0.5, 0.6) is 0 Å². The standard InChI is InChI=1S/C22H27N5O6.Na.H/c1-14-7-9-24-19(10-14)23-8-3-4-20(28)25-13-21(29)26-17(12-22(30)31)16-6-5-15(2)18(11-16)27(32)33;;/h5-7,9-11,17H,3-4,8,12-13H2,1-2H3,(H,23,24)(H,25,28)(H,26,29)(H,30,31);;/q;+1;-1. The molecule has 2 rings (SSSR count). The number of hydrogen-bond acceptors (Lipinski definition) is 7. The van der Waals surface area contributed by atoms with Gasteiger partial charge in [0.2, 0.25) is 11.8 Å². The van der Waals surface area contributed by atoms with Gasteiger partial charge in [-0.2, -0.15) is 0 Å². The molecule has 0 aliphatic rings. The van der Waals surface area contributed by atoms with E-state index in [2.05, 4.69) is 20.9 Å². The number of rotatable bonds is 12. The van der Waals surface area contributed by atoms with Crippen LogP contribution in [0.2, 0.25) is 0 Å². The molecular weight excluding hydrogens is 453 g/mol. The van der Waals surface area contributed by atoms with Crippen molar-refractivity contribution in [2.45, 2.75) is 39.2 Å². The fraction of sp³-hybridized carbons (Fsp3) is 0.364. The number of aryl methyl sites for hydroxylation is 2. The second-order valence-corrected chi connectivity index (χ2v) is 7.55. The molecular formula is C22H28N5NaO6. The Bertz CT molecular complexity index is 1040. The predicted molar refractivity (Wildman–Crippen MR) is 122 cm³/mol. The summed E-state index contributed by atoms with van der Waals surface area (Å²) in [6.45, 7) is 3.71. The van der Waals surface area contributed by atoms with Crippen LogP contribution in [0.1, 0.15) is 43.4 Å². The molecule has 2 aromatic rings. The molecule has 0 saturated heterocycles. The topological polar surface area (TPSA) is 164 Å². The Morgan fingerprint density at radius 2 is 1.91 bits per heavy atom. The average molecular weight is 481 g/mol. The van der Waals surface area contributed by atoms with Gasteiger partial charge in [0.1, 0.15) is 5.82 Å². The first-order valence-corrected chi connectivity index (χ1v) is 10.3. The Morgan fingerprint density at radius 1 is 1.18 bits per heavy atom. The fourth-order valence-corrected chi connectivity index (χ4v) is 3.08. The second kappa shape index (κ2) is 14.3. The van der Waals surface area contributed by atoms with E-state index in [1.165, 1.54) is 18.2 Å². The molecule has 0 bridgehead atoms. The van der Waals surface area contributed by atoms with Crippen LogP contribution in [0.4, 0.5) is 11.5 Å². The Balaban J connectivity index is 0.00000578. The zero-order chi connectivity index (χ0) is 24.4. The number of benzene rings is 1. The molecule has 0 saturated carbocycles. The van der Waals surface area contributed by atoms with Gasteiger partial charge in [0.05, 0.1) is 23.9 Å². The number of aliphatic carboxylic acids is 1. The first-order valence-electron chi connectivity index (χ1n) is 10.3. The number of nitro groups is 1. The molecule has 1 unspecified atom stereocenters. The molecule has 11 nitrogen and oxygen atoms in total. The van der Waals surface area contributed by atoms with E-state index < -0.39 is 29.3 Å². The normalized spacial score (nSPS) is 11.0. The Hall–Kier alpha value is -3.02. The monoisotopic (exact) mass is 481 g/mol. The second-order valence-electron chi connectivity index (χ2n) is 7.55. The van der Waals surface area contributed by atoms with Gasteiger partial charge in [-0.25, -0.2) is 4.98 Å². The molecule has 34 heavy (non-hydrogen) atoms. The van der Waals surface area contributed by atoms with Crippen molar-refractivity contribution in [3.8, 4) is 0 Å². The van der Waals surface area contributed by atoms with Gasteiger partial charge >= 0.3 is 35.5 Å². The SMILES string of the molecule is Cc1ccnc(NCCCC(=O)NCC(=O)NC(CC(=O)O)c2ccc(C)c([N+](=O)[O-])c2)c1.[H-].[Na+]. The first-order chi connectivity index (χ1) is 15.7. The van der Waals surface area contributed by atoms with E-state index in [4.69, 9.17) is 5.11 Å². The number of nitro benzene ring substituents is 1. The predicted octanol–water partition coefficient (Wildman–Crippen LogP) is -0.636. The number of carboxylic acid groups (broad SMARTS) is 1. The van der Waals surface area contributed by atoms with Crippen LogP contribution in [0.15, 0.2) is 36.5 Å². The van der Waals surface area contributed by atoms with Crippen molar-refractivity contribution in [1.29, 1.82) is 0 Å². The maximum absolute atomic E-state index is 12.3. The third kappa shape index (κ3) is 9.86. The first kappa shape index (κ1) is 29.0. The van der Waals surface area contributed by atoms with Crippen LogP contribution in [-0.4, -0.2) is 45.9 Å². The van der Waals surface area contributed by atoms with Crippen LogP contribution in [-0.2, 0) is 14.4 Å². The van der Waals surface area contributed by atoms with E-state index in [1.54, 1.807) is 13.1 Å². The maximum Gasteiger partial charge on any atom is 1.00 e. The smallest absolute Gasteiger partial charge is 1.00 e. The van der Waals surface area contributed by atoms with E-state index in [1.807, 2.05) is 19.1 Å². The molecule has 0 aliphatic heterocycles. The summed E-state index contributed by atoms with van der Waals surface area (Å²) in [5, 5.41) is 28.5. The number of anilines is 1. The van der Waals surface area contributed by atoms with Crippen molar-refractivity contribution in [3.63, 3.8) is 0 Å². The van der Waals surface area contributed by atoms with Crippen LogP contribution < -0.4 is 45.5 Å². The molecule has 1 aromatic heterocycles. The van der Waals surface area contributed by atoms with Crippen molar-refractivity contribution in [3.05, 3.63) is 63.3 Å². The minimum atomic E-state index is -1.18. The van der Waals surface area contributed by atoms with E-state index in [0.717, 1.165) is 11.4 Å². The molecule has 0 aliphatic carbocycles. The third-order valence-electron chi connectivity index (χ3n) is 4.79. The fourth-order valence-electron chi connectivity index (χ4n) is 3.08. The van der Waals surface area contributed by atoms with Crippen LogP contribution in [0, 0.1) is 24.0 Å². The summed E-state index contributed by atoms with van der Waals surface area (Å²) >= 11 is 0. The van der Waals surface area contributed by atoms with Crippen molar-refractivity contribution in [2.75, 3.05) is 18.4 Å². The van der Waals surface area contributed by atoms with Gasteiger partial charge in [-0.05, 0) is 43.5 Å². The Kier molecular flexibility index (Phi) is 12.2. The quantitative estimate of drug-likeness (QED) is 0.135. The van der Waals surface area contributed by atoms with Gasteiger partial charge in [0, 0.05) is 30.8 Å². The molecule has 1 heterocycles. The van der Waals surface area contributed by atoms with Gasteiger partial charge in [-0.1, -0.05) is 12.1 Å². The van der Waals surface area contributed by atoms with Crippen molar-refractivity contribution in [1.82, 2.24) is 15.6 Å². The van der Waals surface area contributed by atoms with E-state index in [9.17, 15) is 24.5 Å². The molecule has 1 atom stereocenters. The van der Waals surface area contributed by atoms with Gasteiger partial charge < -0.3 is 22.5 Å². The number of amides is 2. The molecule has 2 amide bonds. The summed E-state index contributed by atoms with van der Waals surface area (Å²) < 4.78 is 0. The van der Waals surface area contributed by atoms with Crippen molar-refractivity contribution in [2.24, 2.45) is 0 Å². The number of nitrogens with one attached hydrogen (secondary N) is 3. The van der Waals surface area contributed by atoms with E-state index >= 15 is 0 Å². The van der Waals surface area contributed by atoms with Crippen LogP contribution in [0.3, 0.4) is 0 Å². The number of aromatic nitrogens is 1. The third-order valence-corrected chi connectivity index (χ3v) is 4.79. The number of pyridine rings is 1. The number of carbonyl (C=O) groups is 3. The molecule has 0 spiro atoms. The number of carbonyl (C=O) groups excluding carboxylic acids is 2. The average Bonchev–Trinajstić information content (AvgIpc) is 2.75. The van der Waals surface area contributed by atoms with Crippen LogP contribution >= 0.6 is 0 Å². The molecule has 0 radical (unpaired) electrons. The molecule has 4 N–H and O–H groups in total. The van der Waals surface area contributed by atoms with Gasteiger partial charge in [0.25, 0.3) is 5.69 Å². The number of carboxylic acids is 1. The minimum Gasteiger partial charge on any atom is -1.00 e. The molecule has 0 fully saturated rings.